The van der Waals surface area contributed by atoms with E-state index >= 15 is 0 Å². The lowest BCUT2D eigenvalue weighted by molar-refractivity contribution is 0.00295. The predicted molar refractivity (Wildman–Crippen MR) is 209 cm³/mol. The van der Waals surface area contributed by atoms with Gasteiger partial charge in [0.15, 0.2) is 0 Å². The second-order valence-electron chi connectivity index (χ2n) is 16.5. The number of piperazine rings is 1. The van der Waals surface area contributed by atoms with Crippen molar-refractivity contribution in [3.8, 4) is 12.1 Å². The van der Waals surface area contributed by atoms with Crippen LogP contribution in [0, 0.1) is 11.3 Å². The number of fused-ring (bicyclic) bond motifs is 2. The molecule has 55 heavy (non-hydrogen) atoms. The number of carbonyl (C=O) groups excluding carboxylic acids is 1. The van der Waals surface area contributed by atoms with Gasteiger partial charge in [0.25, 0.3) is 0 Å². The molecule has 0 unspecified atom stereocenters. The van der Waals surface area contributed by atoms with Gasteiger partial charge in [-0.2, -0.15) is 15.2 Å². The van der Waals surface area contributed by atoms with Crippen LogP contribution in [-0.2, 0) is 24.1 Å². The van der Waals surface area contributed by atoms with Crippen molar-refractivity contribution in [3.05, 3.63) is 89.6 Å². The van der Waals surface area contributed by atoms with Crippen LogP contribution in [0.5, 0.6) is 6.01 Å². The van der Waals surface area contributed by atoms with Crippen molar-refractivity contribution in [2.45, 2.75) is 95.0 Å². The molecule has 1 aromatic heterocycles. The molecule has 12 heteroatoms. The lowest BCUT2D eigenvalue weighted by Gasteiger charge is -2.49. The summed E-state index contributed by atoms with van der Waals surface area (Å²) >= 11 is 0. The van der Waals surface area contributed by atoms with Gasteiger partial charge < -0.3 is 29.3 Å². The monoisotopic (exact) mass is 743 g/mol. The zero-order chi connectivity index (χ0) is 38.4. The molecule has 1 saturated carbocycles. The van der Waals surface area contributed by atoms with E-state index in [1.54, 1.807) is 0 Å². The largest absolute Gasteiger partial charge is 0.465 e. The number of nitriles is 1. The molecule has 3 aliphatic heterocycles. The van der Waals surface area contributed by atoms with E-state index in [-0.39, 0.29) is 37.7 Å². The van der Waals surface area contributed by atoms with E-state index in [0.717, 1.165) is 60.6 Å². The Balaban J connectivity index is 1.17. The molecule has 4 aromatic rings. The standard InChI is InChI=1S/C43H49N7O5/c1-41(2,3)55-40(53)49-23-10-17-36(49)43(19-20-43)54-38-45-34-28-47(35-16-9-14-31-13-7-8-15-32(31)35)24-18-33(34)37(46-38)48-25-26-50(39(51)52)42(29-48,21-22-44)27-30-11-5-4-6-12-30/h4-9,11-16,36H,10,17-21,23-29H2,1-3H3,(H,51,52)/t36-,42-/m1/s1. The molecule has 3 fully saturated rings. The maximum absolute atomic E-state index is 13.4. The van der Waals surface area contributed by atoms with E-state index in [1.807, 2.05) is 56.0 Å². The summed E-state index contributed by atoms with van der Waals surface area (Å²) in [6.45, 7) is 8.45. The maximum Gasteiger partial charge on any atom is 0.410 e. The third-order valence-corrected chi connectivity index (χ3v) is 11.6. The Hall–Kier alpha value is -5.57. The Bertz CT molecular complexity index is 2120. The minimum atomic E-state index is -1.04. The van der Waals surface area contributed by atoms with Crippen molar-refractivity contribution >= 4 is 34.5 Å². The normalized spacial score (nSPS) is 21.9. The summed E-state index contributed by atoms with van der Waals surface area (Å²) in [5, 5.41) is 22.9. The van der Waals surface area contributed by atoms with Crippen LogP contribution >= 0.6 is 0 Å². The first-order chi connectivity index (χ1) is 26.5. The number of carbonyl (C=O) groups is 2. The maximum atomic E-state index is 13.4. The van der Waals surface area contributed by atoms with Gasteiger partial charge in [-0.3, -0.25) is 4.90 Å². The fraction of sp³-hybridized carbons (Fsp3) is 0.465. The van der Waals surface area contributed by atoms with E-state index in [1.165, 1.54) is 15.7 Å². The zero-order valence-electron chi connectivity index (χ0n) is 31.9. The van der Waals surface area contributed by atoms with E-state index < -0.39 is 22.8 Å². The molecule has 4 aliphatic rings. The van der Waals surface area contributed by atoms with Gasteiger partial charge in [0.2, 0.25) is 0 Å². The van der Waals surface area contributed by atoms with Crippen LogP contribution in [0.15, 0.2) is 72.8 Å². The fourth-order valence-corrected chi connectivity index (χ4v) is 8.99. The first-order valence-electron chi connectivity index (χ1n) is 19.5. The fourth-order valence-electron chi connectivity index (χ4n) is 8.99. The molecule has 8 rings (SSSR count). The number of likely N-dealkylation sites (tertiary alicyclic amines) is 1. The number of carboxylic acid groups (broad SMARTS) is 1. The summed E-state index contributed by atoms with van der Waals surface area (Å²) in [4.78, 5) is 44.3. The second kappa shape index (κ2) is 14.3. The van der Waals surface area contributed by atoms with Crippen LogP contribution in [0.1, 0.15) is 69.7 Å². The summed E-state index contributed by atoms with van der Waals surface area (Å²) in [7, 11) is 0. The Labute approximate surface area is 322 Å². The highest BCUT2D eigenvalue weighted by molar-refractivity contribution is 5.94. The van der Waals surface area contributed by atoms with E-state index in [9.17, 15) is 20.0 Å². The lowest BCUT2D eigenvalue weighted by atomic mass is 9.83. The highest BCUT2D eigenvalue weighted by Crippen LogP contribution is 2.49. The Kier molecular flexibility index (Phi) is 9.43. The second-order valence-corrected chi connectivity index (χ2v) is 16.5. The van der Waals surface area contributed by atoms with Gasteiger partial charge in [-0.1, -0.05) is 66.7 Å². The molecule has 3 aromatic carbocycles. The summed E-state index contributed by atoms with van der Waals surface area (Å²) in [5.74, 6) is 0.726. The predicted octanol–water partition coefficient (Wildman–Crippen LogP) is 7.20. The summed E-state index contributed by atoms with van der Waals surface area (Å²) in [6.07, 6.45) is 2.95. The molecule has 0 radical (unpaired) electrons. The summed E-state index contributed by atoms with van der Waals surface area (Å²) in [6, 6.07) is 27.0. The van der Waals surface area contributed by atoms with Gasteiger partial charge in [-0.15, -0.1) is 0 Å². The molecule has 0 bridgehead atoms. The molecular formula is C43H49N7O5. The van der Waals surface area contributed by atoms with E-state index in [4.69, 9.17) is 19.4 Å². The van der Waals surface area contributed by atoms with Crippen molar-refractivity contribution < 1.29 is 24.2 Å². The highest BCUT2D eigenvalue weighted by atomic mass is 16.6. The summed E-state index contributed by atoms with van der Waals surface area (Å²) in [5.41, 5.74) is 1.74. The molecule has 2 amide bonds. The van der Waals surface area contributed by atoms with Gasteiger partial charge in [0, 0.05) is 49.4 Å². The quantitative estimate of drug-likeness (QED) is 0.197. The van der Waals surface area contributed by atoms with Gasteiger partial charge in [-0.05, 0) is 76.3 Å². The van der Waals surface area contributed by atoms with Crippen molar-refractivity contribution in [3.63, 3.8) is 0 Å². The minimum Gasteiger partial charge on any atom is -0.465 e. The molecule has 4 heterocycles. The number of ether oxygens (including phenoxy) is 2. The van der Waals surface area contributed by atoms with Crippen LogP contribution in [0.2, 0.25) is 0 Å². The Morgan fingerprint density at radius 3 is 2.45 bits per heavy atom. The van der Waals surface area contributed by atoms with Crippen LogP contribution in [0.3, 0.4) is 0 Å². The van der Waals surface area contributed by atoms with Crippen LogP contribution < -0.4 is 14.5 Å². The third kappa shape index (κ3) is 7.20. The van der Waals surface area contributed by atoms with Crippen molar-refractivity contribution in [2.75, 3.05) is 42.5 Å². The smallest absolute Gasteiger partial charge is 0.410 e. The number of rotatable bonds is 8. The van der Waals surface area contributed by atoms with Gasteiger partial charge in [-0.25, -0.2) is 9.59 Å². The highest BCUT2D eigenvalue weighted by Gasteiger charge is 2.58. The number of aromatic nitrogens is 2. The molecule has 286 valence electrons. The van der Waals surface area contributed by atoms with E-state index in [2.05, 4.69) is 58.3 Å². The van der Waals surface area contributed by atoms with Crippen LogP contribution in [-0.4, -0.2) is 92.6 Å². The molecular weight excluding hydrogens is 695 g/mol. The van der Waals surface area contributed by atoms with Gasteiger partial charge in [0.1, 0.15) is 17.0 Å². The number of anilines is 2. The van der Waals surface area contributed by atoms with Crippen molar-refractivity contribution in [1.82, 2.24) is 19.8 Å². The van der Waals surface area contributed by atoms with Gasteiger partial charge in [0.05, 0.1) is 36.3 Å². The van der Waals surface area contributed by atoms with Gasteiger partial charge >= 0.3 is 18.2 Å². The first-order valence-corrected chi connectivity index (χ1v) is 19.5. The van der Waals surface area contributed by atoms with Crippen LogP contribution in [0.25, 0.3) is 10.8 Å². The van der Waals surface area contributed by atoms with E-state index in [0.29, 0.717) is 32.5 Å². The SMILES string of the molecule is CC(C)(C)OC(=O)N1CCC[C@@H]1C1(Oc2nc3c(c(N4CCN(C(=O)O)[C@](CC#N)(Cc5ccccc5)C4)n2)CCN(c2cccc4ccccc24)C3)CC1. The number of amides is 2. The lowest BCUT2D eigenvalue weighted by Crippen LogP contribution is -2.65. The molecule has 1 N–H and O–H groups in total. The number of nitrogens with zero attached hydrogens (tertiary/aromatic N) is 7. The van der Waals surface area contributed by atoms with Crippen molar-refractivity contribution in [1.29, 1.82) is 5.26 Å². The average molecular weight is 744 g/mol. The molecule has 12 nitrogen and oxygen atoms in total. The average Bonchev–Trinajstić information content (AvgIpc) is 3.75. The topological polar surface area (TPSA) is 135 Å². The number of benzene rings is 3. The Morgan fingerprint density at radius 2 is 1.71 bits per heavy atom. The third-order valence-electron chi connectivity index (χ3n) is 11.6. The molecule has 0 spiro atoms. The molecule has 2 saturated heterocycles. The Morgan fingerprint density at radius 1 is 0.945 bits per heavy atom. The zero-order valence-corrected chi connectivity index (χ0v) is 31.9. The molecule has 1 aliphatic carbocycles. The first kappa shape index (κ1) is 36.4. The minimum absolute atomic E-state index is 0.0292. The number of hydrogen-bond donors (Lipinski definition) is 1. The number of hydrogen-bond acceptors (Lipinski definition) is 9. The summed E-state index contributed by atoms with van der Waals surface area (Å²) < 4.78 is 12.7. The molecule has 2 atom stereocenters. The van der Waals surface area contributed by atoms with Crippen LogP contribution in [0.4, 0.5) is 21.1 Å². The van der Waals surface area contributed by atoms with Crippen molar-refractivity contribution in [2.24, 2.45) is 0 Å².